The van der Waals surface area contributed by atoms with Crippen LogP contribution >= 0.6 is 0 Å². The maximum absolute atomic E-state index is 12.4. The molecule has 1 rings (SSSR count). The fourth-order valence-corrected chi connectivity index (χ4v) is 2.64. The maximum atomic E-state index is 12.4. The number of amides is 1. The number of nitrogens with two attached hydrogens (primary N) is 1. The van der Waals surface area contributed by atoms with Crippen LogP contribution in [0.5, 0.6) is 0 Å². The Kier molecular flexibility index (Phi) is 10.1. The molecule has 1 unspecified atom stereocenters. The lowest BCUT2D eigenvalue weighted by Gasteiger charge is -2.16. The molecule has 0 aliphatic heterocycles. The molecule has 26 heavy (non-hydrogen) atoms. The Bertz CT molecular complexity index is 601. The van der Waals surface area contributed by atoms with Crippen molar-refractivity contribution in [3.05, 3.63) is 29.8 Å². The van der Waals surface area contributed by atoms with Gasteiger partial charge in [0.25, 0.3) is 0 Å². The first-order valence-corrected chi connectivity index (χ1v) is 9.27. The van der Waals surface area contributed by atoms with E-state index in [1.807, 2.05) is 0 Å². The molecule has 0 aliphatic carbocycles. The van der Waals surface area contributed by atoms with Crippen LogP contribution in [0.15, 0.2) is 24.3 Å². The molecule has 0 aromatic heterocycles. The molecule has 0 aliphatic rings. The van der Waals surface area contributed by atoms with Crippen molar-refractivity contribution < 1.29 is 19.1 Å². The highest BCUT2D eigenvalue weighted by atomic mass is 16.5. The van der Waals surface area contributed by atoms with E-state index in [1.54, 1.807) is 24.3 Å². The number of unbranched alkanes of at least 4 members (excludes halogenated alkanes) is 5. The Balaban J connectivity index is 2.52. The van der Waals surface area contributed by atoms with E-state index in [4.69, 9.17) is 10.5 Å². The monoisotopic (exact) mass is 362 g/mol. The number of benzene rings is 1. The lowest BCUT2D eigenvalue weighted by atomic mass is 10.0. The SMILES string of the molecule is CCCCCCCCOC(=O)C(CC(=O)c1ccccc1N)NC(C)=O. The third-order valence-corrected chi connectivity index (χ3v) is 4.05. The maximum Gasteiger partial charge on any atom is 0.329 e. The van der Waals surface area contributed by atoms with Crippen molar-refractivity contribution in [2.24, 2.45) is 0 Å². The van der Waals surface area contributed by atoms with E-state index in [-0.39, 0.29) is 18.1 Å². The van der Waals surface area contributed by atoms with Crippen LogP contribution in [0.2, 0.25) is 0 Å². The number of nitrogen functional groups attached to an aromatic ring is 1. The molecule has 0 radical (unpaired) electrons. The summed E-state index contributed by atoms with van der Waals surface area (Å²) in [7, 11) is 0. The van der Waals surface area contributed by atoms with Crippen molar-refractivity contribution in [3.63, 3.8) is 0 Å². The fourth-order valence-electron chi connectivity index (χ4n) is 2.64. The third kappa shape index (κ3) is 8.14. The molecule has 0 saturated carbocycles. The number of rotatable bonds is 12. The number of ether oxygens (including phenoxy) is 1. The molecule has 144 valence electrons. The van der Waals surface area contributed by atoms with Gasteiger partial charge in [0.05, 0.1) is 6.61 Å². The molecular weight excluding hydrogens is 332 g/mol. The molecule has 1 amide bonds. The lowest BCUT2D eigenvalue weighted by molar-refractivity contribution is -0.147. The smallest absolute Gasteiger partial charge is 0.329 e. The highest BCUT2D eigenvalue weighted by Gasteiger charge is 2.25. The van der Waals surface area contributed by atoms with Gasteiger partial charge in [0.2, 0.25) is 5.91 Å². The minimum atomic E-state index is -1.00. The number of para-hydroxylation sites is 1. The Morgan fingerprint density at radius 3 is 2.38 bits per heavy atom. The Labute approximate surface area is 155 Å². The van der Waals surface area contributed by atoms with Gasteiger partial charge in [-0.1, -0.05) is 51.2 Å². The number of hydrogen-bond acceptors (Lipinski definition) is 5. The summed E-state index contributed by atoms with van der Waals surface area (Å²) in [5, 5.41) is 2.49. The quantitative estimate of drug-likeness (QED) is 0.257. The number of carbonyl (C=O) groups is 3. The summed E-state index contributed by atoms with van der Waals surface area (Å²) >= 11 is 0. The normalized spacial score (nSPS) is 11.6. The van der Waals surface area contributed by atoms with Gasteiger partial charge >= 0.3 is 5.97 Å². The van der Waals surface area contributed by atoms with E-state index in [2.05, 4.69) is 12.2 Å². The molecule has 0 bridgehead atoms. The van der Waals surface area contributed by atoms with Gasteiger partial charge in [-0.25, -0.2) is 4.79 Å². The number of ketones is 1. The van der Waals surface area contributed by atoms with Crippen LogP contribution in [-0.2, 0) is 14.3 Å². The highest BCUT2D eigenvalue weighted by Crippen LogP contribution is 2.14. The minimum absolute atomic E-state index is 0.177. The standard InChI is InChI=1S/C20H30N2O4/c1-3-4-5-6-7-10-13-26-20(25)18(22-15(2)23)14-19(24)16-11-8-9-12-17(16)21/h8-9,11-12,18H,3-7,10,13-14,21H2,1-2H3,(H,22,23). The summed E-state index contributed by atoms with van der Waals surface area (Å²) in [5.74, 6) is -1.28. The van der Waals surface area contributed by atoms with Gasteiger partial charge in [0.1, 0.15) is 6.04 Å². The van der Waals surface area contributed by atoms with Crippen LogP contribution in [0.4, 0.5) is 5.69 Å². The van der Waals surface area contributed by atoms with Gasteiger partial charge in [0.15, 0.2) is 5.78 Å². The van der Waals surface area contributed by atoms with Crippen molar-refractivity contribution in [1.82, 2.24) is 5.32 Å². The van der Waals surface area contributed by atoms with Gasteiger partial charge < -0.3 is 15.8 Å². The van der Waals surface area contributed by atoms with E-state index in [1.165, 1.54) is 26.2 Å². The average molecular weight is 362 g/mol. The zero-order valence-electron chi connectivity index (χ0n) is 15.8. The first-order valence-electron chi connectivity index (χ1n) is 9.27. The fraction of sp³-hybridized carbons (Fsp3) is 0.550. The van der Waals surface area contributed by atoms with E-state index < -0.39 is 12.0 Å². The highest BCUT2D eigenvalue weighted by molar-refractivity contribution is 6.03. The van der Waals surface area contributed by atoms with Crippen molar-refractivity contribution in [1.29, 1.82) is 0 Å². The van der Waals surface area contributed by atoms with Crippen LogP contribution in [0.25, 0.3) is 0 Å². The Morgan fingerprint density at radius 1 is 1.08 bits per heavy atom. The number of nitrogens with one attached hydrogen (secondary N) is 1. The molecule has 6 heteroatoms. The molecule has 1 atom stereocenters. The van der Waals surface area contributed by atoms with Gasteiger partial charge in [0, 0.05) is 24.6 Å². The van der Waals surface area contributed by atoms with Crippen molar-refractivity contribution in [2.75, 3.05) is 12.3 Å². The van der Waals surface area contributed by atoms with Crippen LogP contribution in [-0.4, -0.2) is 30.3 Å². The number of Topliss-reactive ketones (excluding diaryl/α,β-unsaturated/α-hetero) is 1. The van der Waals surface area contributed by atoms with Gasteiger partial charge in [-0.3, -0.25) is 9.59 Å². The summed E-state index contributed by atoms with van der Waals surface area (Å²) in [6.07, 6.45) is 6.31. The largest absolute Gasteiger partial charge is 0.464 e. The molecule has 3 N–H and O–H groups in total. The van der Waals surface area contributed by atoms with Gasteiger partial charge in [-0.15, -0.1) is 0 Å². The van der Waals surface area contributed by atoms with Crippen LogP contribution in [0, 0.1) is 0 Å². The number of carbonyl (C=O) groups excluding carboxylic acids is 3. The second-order valence-electron chi connectivity index (χ2n) is 6.40. The predicted octanol–water partition coefficient (Wildman–Crippen LogP) is 3.25. The minimum Gasteiger partial charge on any atom is -0.464 e. The van der Waals surface area contributed by atoms with E-state index >= 15 is 0 Å². The molecule has 0 saturated heterocycles. The summed E-state index contributed by atoms with van der Waals surface area (Å²) in [4.78, 5) is 36.0. The number of esters is 1. The molecule has 1 aromatic carbocycles. The van der Waals surface area contributed by atoms with E-state index in [9.17, 15) is 14.4 Å². The predicted molar refractivity (Wildman–Crippen MR) is 102 cm³/mol. The van der Waals surface area contributed by atoms with Crippen LogP contribution in [0.3, 0.4) is 0 Å². The Hall–Kier alpha value is -2.37. The topological polar surface area (TPSA) is 98.5 Å². The molecule has 6 nitrogen and oxygen atoms in total. The summed E-state index contributed by atoms with van der Waals surface area (Å²) < 4.78 is 5.24. The van der Waals surface area contributed by atoms with Crippen LogP contribution < -0.4 is 11.1 Å². The Morgan fingerprint density at radius 2 is 1.73 bits per heavy atom. The number of hydrogen-bond donors (Lipinski definition) is 2. The van der Waals surface area contributed by atoms with Gasteiger partial charge in [-0.2, -0.15) is 0 Å². The summed E-state index contributed by atoms with van der Waals surface area (Å²) in [6.45, 7) is 3.76. The second kappa shape index (κ2) is 12.1. The summed E-state index contributed by atoms with van der Waals surface area (Å²) in [6, 6.07) is 5.65. The first-order chi connectivity index (χ1) is 12.5. The number of anilines is 1. The molecule has 0 spiro atoms. The van der Waals surface area contributed by atoms with Crippen molar-refractivity contribution >= 4 is 23.3 Å². The third-order valence-electron chi connectivity index (χ3n) is 4.05. The van der Waals surface area contributed by atoms with Gasteiger partial charge in [-0.05, 0) is 18.6 Å². The molecule has 0 heterocycles. The molecule has 1 aromatic rings. The lowest BCUT2D eigenvalue weighted by Crippen LogP contribution is -2.42. The van der Waals surface area contributed by atoms with E-state index in [0.717, 1.165) is 19.3 Å². The van der Waals surface area contributed by atoms with Crippen molar-refractivity contribution in [2.45, 2.75) is 64.8 Å². The zero-order chi connectivity index (χ0) is 19.4. The van der Waals surface area contributed by atoms with E-state index in [0.29, 0.717) is 17.9 Å². The summed E-state index contributed by atoms with van der Waals surface area (Å²) in [5.41, 5.74) is 6.48. The zero-order valence-corrected chi connectivity index (χ0v) is 15.8. The average Bonchev–Trinajstić information content (AvgIpc) is 2.60. The van der Waals surface area contributed by atoms with Crippen LogP contribution in [0.1, 0.15) is 69.2 Å². The molecule has 0 fully saturated rings. The van der Waals surface area contributed by atoms with Crippen molar-refractivity contribution in [3.8, 4) is 0 Å². The molecular formula is C20H30N2O4. The first kappa shape index (κ1) is 21.7. The second-order valence-corrected chi connectivity index (χ2v) is 6.40.